The Labute approximate surface area is 180 Å². The number of carbonyl (C=O) groups excluding carboxylic acids is 1. The Hall–Kier alpha value is -3.61. The van der Waals surface area contributed by atoms with E-state index in [-0.39, 0.29) is 12.0 Å². The molecule has 1 atom stereocenters. The lowest BCUT2D eigenvalue weighted by atomic mass is 10.1. The number of piperazine rings is 1. The summed E-state index contributed by atoms with van der Waals surface area (Å²) >= 11 is 0. The van der Waals surface area contributed by atoms with Gasteiger partial charge in [0.15, 0.2) is 5.65 Å². The molecule has 158 valence electrons. The van der Waals surface area contributed by atoms with Crippen LogP contribution in [-0.2, 0) is 4.74 Å². The summed E-state index contributed by atoms with van der Waals surface area (Å²) in [6, 6.07) is 18.2. The molecular weight excluding hydrogens is 390 g/mol. The first-order chi connectivity index (χ1) is 15.0. The monoisotopic (exact) mass is 415 g/mol. The number of hydrogen-bond donors (Lipinski definition) is 0. The van der Waals surface area contributed by atoms with E-state index in [1.807, 2.05) is 47.8 Å². The standard InChI is InChI=1S/C24H25N5O2/c1-16-14-22-25-23(20-6-4-5-7-21(20)29(22)26-16)28-13-12-27(15-17(28)2)19-10-8-18(9-11-19)24(30)31-3/h4-11,14,17H,12-13,15H2,1-3H3. The van der Waals surface area contributed by atoms with Crippen LogP contribution in [0, 0.1) is 6.92 Å². The van der Waals surface area contributed by atoms with Crippen molar-refractivity contribution in [1.82, 2.24) is 14.6 Å². The maximum Gasteiger partial charge on any atom is 0.337 e. The number of methoxy groups -OCH3 is 1. The van der Waals surface area contributed by atoms with Crippen LogP contribution in [-0.4, -0.2) is 53.4 Å². The Kier molecular flexibility index (Phi) is 4.73. The molecule has 2 aromatic heterocycles. The molecule has 0 bridgehead atoms. The Bertz CT molecular complexity index is 1260. The lowest BCUT2D eigenvalue weighted by Crippen LogP contribution is -2.52. The first kappa shape index (κ1) is 19.4. The Morgan fingerprint density at radius 3 is 2.61 bits per heavy atom. The molecule has 7 heteroatoms. The fraction of sp³-hybridized carbons (Fsp3) is 0.292. The average molecular weight is 415 g/mol. The van der Waals surface area contributed by atoms with E-state index in [2.05, 4.69) is 40.0 Å². The van der Waals surface area contributed by atoms with E-state index in [9.17, 15) is 4.79 Å². The van der Waals surface area contributed by atoms with Gasteiger partial charge in [-0.1, -0.05) is 12.1 Å². The molecule has 1 saturated heterocycles. The molecule has 3 heterocycles. The SMILES string of the molecule is COC(=O)c1ccc(N2CCN(c3nc4cc(C)nn4c4ccccc34)C(C)C2)cc1. The van der Waals surface area contributed by atoms with Gasteiger partial charge in [-0.15, -0.1) is 0 Å². The van der Waals surface area contributed by atoms with Crippen molar-refractivity contribution in [3.63, 3.8) is 0 Å². The third kappa shape index (κ3) is 3.36. The molecule has 0 spiro atoms. The van der Waals surface area contributed by atoms with Gasteiger partial charge < -0.3 is 14.5 Å². The molecule has 1 aliphatic rings. The van der Waals surface area contributed by atoms with E-state index in [0.717, 1.165) is 53.4 Å². The third-order valence-electron chi connectivity index (χ3n) is 5.96. The number of para-hydroxylation sites is 1. The van der Waals surface area contributed by atoms with Crippen LogP contribution < -0.4 is 9.80 Å². The van der Waals surface area contributed by atoms with Crippen LogP contribution in [0.5, 0.6) is 0 Å². The topological polar surface area (TPSA) is 63.0 Å². The van der Waals surface area contributed by atoms with Crippen molar-refractivity contribution in [2.24, 2.45) is 0 Å². The molecule has 2 aromatic carbocycles. The van der Waals surface area contributed by atoms with E-state index >= 15 is 0 Å². The zero-order valence-corrected chi connectivity index (χ0v) is 17.9. The van der Waals surface area contributed by atoms with Crippen LogP contribution in [0.3, 0.4) is 0 Å². The Morgan fingerprint density at radius 1 is 1.10 bits per heavy atom. The lowest BCUT2D eigenvalue weighted by molar-refractivity contribution is 0.0600. The van der Waals surface area contributed by atoms with Crippen LogP contribution in [0.1, 0.15) is 23.0 Å². The van der Waals surface area contributed by atoms with Crippen molar-refractivity contribution in [2.75, 3.05) is 36.5 Å². The van der Waals surface area contributed by atoms with Crippen molar-refractivity contribution in [3.8, 4) is 0 Å². The predicted molar refractivity (Wildman–Crippen MR) is 122 cm³/mol. The van der Waals surface area contributed by atoms with E-state index in [1.54, 1.807) is 0 Å². The molecule has 1 fully saturated rings. The Morgan fingerprint density at radius 2 is 1.87 bits per heavy atom. The van der Waals surface area contributed by atoms with Gasteiger partial charge in [0.05, 0.1) is 23.9 Å². The van der Waals surface area contributed by atoms with Gasteiger partial charge in [0.2, 0.25) is 0 Å². The fourth-order valence-corrected chi connectivity index (χ4v) is 4.41. The number of hydrogen-bond acceptors (Lipinski definition) is 6. The van der Waals surface area contributed by atoms with Crippen molar-refractivity contribution in [1.29, 1.82) is 0 Å². The molecule has 1 unspecified atom stereocenters. The molecule has 0 aliphatic carbocycles. The Balaban J connectivity index is 1.44. The summed E-state index contributed by atoms with van der Waals surface area (Å²) < 4.78 is 6.73. The molecule has 0 amide bonds. The number of nitrogens with zero attached hydrogens (tertiary/aromatic N) is 5. The van der Waals surface area contributed by atoms with Gasteiger partial charge in [-0.2, -0.15) is 5.10 Å². The molecule has 0 saturated carbocycles. The van der Waals surface area contributed by atoms with Gasteiger partial charge >= 0.3 is 5.97 Å². The van der Waals surface area contributed by atoms with Gasteiger partial charge in [0.25, 0.3) is 0 Å². The van der Waals surface area contributed by atoms with Crippen molar-refractivity contribution in [2.45, 2.75) is 19.9 Å². The highest BCUT2D eigenvalue weighted by Crippen LogP contribution is 2.30. The first-order valence-corrected chi connectivity index (χ1v) is 10.5. The van der Waals surface area contributed by atoms with Crippen molar-refractivity contribution >= 4 is 34.0 Å². The van der Waals surface area contributed by atoms with E-state index < -0.39 is 0 Å². The quantitative estimate of drug-likeness (QED) is 0.476. The summed E-state index contributed by atoms with van der Waals surface area (Å²) in [7, 11) is 1.40. The molecular formula is C24H25N5O2. The summed E-state index contributed by atoms with van der Waals surface area (Å²) in [6.07, 6.45) is 0. The molecule has 0 N–H and O–H groups in total. The second-order valence-corrected chi connectivity index (χ2v) is 8.04. The van der Waals surface area contributed by atoms with Crippen LogP contribution >= 0.6 is 0 Å². The maximum atomic E-state index is 11.7. The van der Waals surface area contributed by atoms with Crippen molar-refractivity contribution < 1.29 is 9.53 Å². The highest BCUT2D eigenvalue weighted by molar-refractivity contribution is 5.92. The summed E-state index contributed by atoms with van der Waals surface area (Å²) in [5.41, 5.74) is 4.59. The maximum absolute atomic E-state index is 11.7. The third-order valence-corrected chi connectivity index (χ3v) is 5.96. The van der Waals surface area contributed by atoms with Crippen molar-refractivity contribution in [3.05, 3.63) is 65.9 Å². The molecule has 1 aliphatic heterocycles. The molecule has 7 nitrogen and oxygen atoms in total. The minimum atomic E-state index is -0.312. The zero-order chi connectivity index (χ0) is 21.5. The summed E-state index contributed by atoms with van der Waals surface area (Å²) in [5.74, 6) is 0.698. The van der Waals surface area contributed by atoms with Gasteiger partial charge in [-0.25, -0.2) is 14.3 Å². The number of aryl methyl sites for hydroxylation is 1. The number of esters is 1. The van der Waals surface area contributed by atoms with E-state index in [0.29, 0.717) is 5.56 Å². The summed E-state index contributed by atoms with van der Waals surface area (Å²) in [6.45, 7) is 6.84. The number of anilines is 2. The first-order valence-electron chi connectivity index (χ1n) is 10.5. The van der Waals surface area contributed by atoms with Crippen LogP contribution in [0.25, 0.3) is 16.6 Å². The zero-order valence-electron chi connectivity index (χ0n) is 17.9. The number of fused-ring (bicyclic) bond motifs is 3. The van der Waals surface area contributed by atoms with Crippen LogP contribution in [0.4, 0.5) is 11.5 Å². The van der Waals surface area contributed by atoms with Crippen LogP contribution in [0.2, 0.25) is 0 Å². The molecule has 5 rings (SSSR count). The number of ether oxygens (including phenoxy) is 1. The highest BCUT2D eigenvalue weighted by atomic mass is 16.5. The largest absolute Gasteiger partial charge is 0.465 e. The minimum absolute atomic E-state index is 0.274. The van der Waals surface area contributed by atoms with Gasteiger partial charge in [0, 0.05) is 42.8 Å². The van der Waals surface area contributed by atoms with Gasteiger partial charge in [0.1, 0.15) is 5.82 Å². The fourth-order valence-electron chi connectivity index (χ4n) is 4.41. The summed E-state index contributed by atoms with van der Waals surface area (Å²) in [5, 5.41) is 5.73. The number of rotatable bonds is 3. The summed E-state index contributed by atoms with van der Waals surface area (Å²) in [4.78, 5) is 21.4. The van der Waals surface area contributed by atoms with E-state index in [1.165, 1.54) is 7.11 Å². The average Bonchev–Trinajstić information content (AvgIpc) is 3.18. The number of carbonyl (C=O) groups is 1. The lowest BCUT2D eigenvalue weighted by Gasteiger charge is -2.42. The minimum Gasteiger partial charge on any atom is -0.465 e. The highest BCUT2D eigenvalue weighted by Gasteiger charge is 2.27. The number of benzene rings is 2. The predicted octanol–water partition coefficient (Wildman–Crippen LogP) is 3.69. The molecule has 0 radical (unpaired) electrons. The van der Waals surface area contributed by atoms with Gasteiger partial charge in [-0.3, -0.25) is 0 Å². The second kappa shape index (κ2) is 7.58. The van der Waals surface area contributed by atoms with E-state index in [4.69, 9.17) is 9.72 Å². The number of aromatic nitrogens is 3. The smallest absolute Gasteiger partial charge is 0.337 e. The normalized spacial score (nSPS) is 16.8. The van der Waals surface area contributed by atoms with Gasteiger partial charge in [-0.05, 0) is 50.2 Å². The molecule has 31 heavy (non-hydrogen) atoms. The second-order valence-electron chi connectivity index (χ2n) is 8.04. The van der Waals surface area contributed by atoms with Crippen LogP contribution in [0.15, 0.2) is 54.6 Å². The molecule has 4 aromatic rings.